The van der Waals surface area contributed by atoms with Crippen molar-refractivity contribution in [2.75, 3.05) is 26.2 Å². The average molecular weight is 332 g/mol. The molecule has 2 aromatic rings. The van der Waals surface area contributed by atoms with Gasteiger partial charge in [-0.25, -0.2) is 0 Å². The molecule has 3 rings (SSSR count). The van der Waals surface area contributed by atoms with E-state index >= 15 is 0 Å². The highest BCUT2D eigenvalue weighted by Crippen LogP contribution is 2.12. The molecule has 1 saturated heterocycles. The molecule has 0 saturated carbocycles. The number of carboxylic acids is 1. The van der Waals surface area contributed by atoms with Gasteiger partial charge in [-0.15, -0.1) is 0 Å². The number of piperazine rings is 1. The van der Waals surface area contributed by atoms with Crippen LogP contribution in [0.5, 0.6) is 0 Å². The second kappa shape index (κ2) is 6.57. The summed E-state index contributed by atoms with van der Waals surface area (Å²) in [5, 5.41) is 12.6. The maximum atomic E-state index is 12.4. The molecule has 9 heteroatoms. The molecule has 1 aliphatic rings. The number of rotatable bonds is 4. The van der Waals surface area contributed by atoms with Gasteiger partial charge >= 0.3 is 5.97 Å². The van der Waals surface area contributed by atoms with Crippen LogP contribution in [-0.4, -0.2) is 68.6 Å². The van der Waals surface area contributed by atoms with Crippen LogP contribution < -0.4 is 0 Å². The summed E-state index contributed by atoms with van der Waals surface area (Å²) in [5.41, 5.74) is 0.335. The molecule has 0 radical (unpaired) electrons. The Hall–Kier alpha value is -3.10. The fraction of sp³-hybridized carbons (Fsp3) is 0.333. The highest BCUT2D eigenvalue weighted by molar-refractivity contribution is 5.94. The van der Waals surface area contributed by atoms with Gasteiger partial charge in [-0.3, -0.25) is 19.1 Å². The molecule has 24 heavy (non-hydrogen) atoms. The van der Waals surface area contributed by atoms with Crippen LogP contribution in [0.1, 0.15) is 20.9 Å². The average Bonchev–Trinajstić information content (AvgIpc) is 3.25. The third kappa shape index (κ3) is 3.29. The Labute approximate surface area is 137 Å². The Bertz CT molecular complexity index is 744. The summed E-state index contributed by atoms with van der Waals surface area (Å²) in [6, 6.07) is 3.26. The molecule has 0 aromatic carbocycles. The standard InChI is InChI=1S/C15H16N4O5/c20-13(21)10-19-9-11(8-16-19)14(22)17-3-5-18(6-4-17)15(23)12-2-1-7-24-12/h1-2,7-9H,3-6,10H2,(H,20,21). The molecule has 0 bridgehead atoms. The topological polar surface area (TPSA) is 109 Å². The monoisotopic (exact) mass is 332 g/mol. The van der Waals surface area contributed by atoms with Gasteiger partial charge in [0.05, 0.1) is 18.0 Å². The van der Waals surface area contributed by atoms with E-state index in [1.807, 2.05) is 0 Å². The van der Waals surface area contributed by atoms with E-state index in [9.17, 15) is 14.4 Å². The lowest BCUT2D eigenvalue weighted by atomic mass is 10.2. The highest BCUT2D eigenvalue weighted by Gasteiger charge is 2.27. The molecule has 1 aliphatic heterocycles. The van der Waals surface area contributed by atoms with E-state index in [2.05, 4.69) is 5.10 Å². The number of furan rings is 1. The van der Waals surface area contributed by atoms with Crippen LogP contribution in [0.15, 0.2) is 35.2 Å². The summed E-state index contributed by atoms with van der Waals surface area (Å²) in [6.45, 7) is 1.33. The summed E-state index contributed by atoms with van der Waals surface area (Å²) in [6.07, 6.45) is 4.21. The van der Waals surface area contributed by atoms with Gasteiger partial charge in [0.2, 0.25) is 0 Å². The van der Waals surface area contributed by atoms with Crippen molar-refractivity contribution >= 4 is 17.8 Å². The Morgan fingerprint density at radius 1 is 1.12 bits per heavy atom. The van der Waals surface area contributed by atoms with E-state index in [1.165, 1.54) is 23.3 Å². The maximum absolute atomic E-state index is 12.4. The molecule has 1 N–H and O–H groups in total. The summed E-state index contributed by atoms with van der Waals surface area (Å²) >= 11 is 0. The van der Waals surface area contributed by atoms with Crippen LogP contribution >= 0.6 is 0 Å². The molecule has 2 aromatic heterocycles. The van der Waals surface area contributed by atoms with Crippen LogP contribution in [-0.2, 0) is 11.3 Å². The Balaban J connectivity index is 1.58. The molecule has 126 valence electrons. The van der Waals surface area contributed by atoms with Crippen LogP contribution in [0.4, 0.5) is 0 Å². The number of carbonyl (C=O) groups is 3. The quantitative estimate of drug-likeness (QED) is 0.854. The normalized spacial score (nSPS) is 14.7. The van der Waals surface area contributed by atoms with Crippen LogP contribution in [0.2, 0.25) is 0 Å². The van der Waals surface area contributed by atoms with E-state index in [0.29, 0.717) is 31.7 Å². The zero-order chi connectivity index (χ0) is 17.1. The van der Waals surface area contributed by atoms with Gasteiger partial charge in [0.1, 0.15) is 6.54 Å². The van der Waals surface area contributed by atoms with E-state index in [-0.39, 0.29) is 24.1 Å². The fourth-order valence-corrected chi connectivity index (χ4v) is 2.55. The predicted octanol–water partition coefficient (Wildman–Crippen LogP) is 0.159. The zero-order valence-electron chi connectivity index (χ0n) is 12.8. The van der Waals surface area contributed by atoms with Crippen molar-refractivity contribution in [2.45, 2.75) is 6.54 Å². The third-order valence-corrected chi connectivity index (χ3v) is 3.76. The number of aliphatic carboxylic acids is 1. The van der Waals surface area contributed by atoms with Crippen LogP contribution in [0.25, 0.3) is 0 Å². The number of hydrogen-bond acceptors (Lipinski definition) is 5. The minimum Gasteiger partial charge on any atom is -0.480 e. The Morgan fingerprint density at radius 3 is 2.38 bits per heavy atom. The van der Waals surface area contributed by atoms with Crippen molar-refractivity contribution in [3.05, 3.63) is 42.1 Å². The molecule has 0 aliphatic carbocycles. The molecule has 0 spiro atoms. The van der Waals surface area contributed by atoms with E-state index in [1.54, 1.807) is 21.9 Å². The number of carboxylic acid groups (broad SMARTS) is 1. The first-order valence-electron chi connectivity index (χ1n) is 7.41. The lowest BCUT2D eigenvalue weighted by Gasteiger charge is -2.34. The number of nitrogens with zero attached hydrogens (tertiary/aromatic N) is 4. The number of amides is 2. The first-order chi connectivity index (χ1) is 11.5. The van der Waals surface area contributed by atoms with Crippen molar-refractivity contribution < 1.29 is 23.9 Å². The summed E-state index contributed by atoms with van der Waals surface area (Å²) in [4.78, 5) is 38.5. The zero-order valence-corrected chi connectivity index (χ0v) is 12.8. The predicted molar refractivity (Wildman–Crippen MR) is 80.4 cm³/mol. The second-order valence-corrected chi connectivity index (χ2v) is 5.38. The van der Waals surface area contributed by atoms with Crippen LogP contribution in [0.3, 0.4) is 0 Å². The van der Waals surface area contributed by atoms with E-state index in [4.69, 9.17) is 9.52 Å². The maximum Gasteiger partial charge on any atom is 0.325 e. The largest absolute Gasteiger partial charge is 0.480 e. The van der Waals surface area contributed by atoms with Crippen molar-refractivity contribution in [3.8, 4) is 0 Å². The summed E-state index contributed by atoms with van der Waals surface area (Å²) < 4.78 is 6.30. The van der Waals surface area contributed by atoms with Crippen molar-refractivity contribution in [3.63, 3.8) is 0 Å². The molecular weight excluding hydrogens is 316 g/mol. The summed E-state index contributed by atoms with van der Waals surface area (Å²) in [5.74, 6) is -1.16. The van der Waals surface area contributed by atoms with Gasteiger partial charge in [-0.1, -0.05) is 0 Å². The van der Waals surface area contributed by atoms with Crippen molar-refractivity contribution in [1.29, 1.82) is 0 Å². The Morgan fingerprint density at radius 2 is 1.79 bits per heavy atom. The molecule has 1 fully saturated rings. The van der Waals surface area contributed by atoms with Gasteiger partial charge in [0.25, 0.3) is 11.8 Å². The first-order valence-corrected chi connectivity index (χ1v) is 7.41. The van der Waals surface area contributed by atoms with E-state index in [0.717, 1.165) is 0 Å². The van der Waals surface area contributed by atoms with Crippen molar-refractivity contribution in [2.24, 2.45) is 0 Å². The molecule has 9 nitrogen and oxygen atoms in total. The minimum absolute atomic E-state index is 0.193. The molecule has 3 heterocycles. The lowest BCUT2D eigenvalue weighted by Crippen LogP contribution is -2.50. The van der Waals surface area contributed by atoms with Crippen molar-refractivity contribution in [1.82, 2.24) is 19.6 Å². The SMILES string of the molecule is O=C(O)Cn1cc(C(=O)N2CCN(C(=O)c3ccco3)CC2)cn1. The number of aromatic nitrogens is 2. The highest BCUT2D eigenvalue weighted by atomic mass is 16.4. The summed E-state index contributed by atoms with van der Waals surface area (Å²) in [7, 11) is 0. The minimum atomic E-state index is -1.03. The number of carbonyl (C=O) groups excluding carboxylic acids is 2. The van der Waals surface area contributed by atoms with Gasteiger partial charge < -0.3 is 19.3 Å². The lowest BCUT2D eigenvalue weighted by molar-refractivity contribution is -0.137. The molecular formula is C15H16N4O5. The van der Waals surface area contributed by atoms with Gasteiger partial charge in [0.15, 0.2) is 5.76 Å². The molecule has 0 unspecified atom stereocenters. The Kier molecular flexibility index (Phi) is 4.32. The smallest absolute Gasteiger partial charge is 0.325 e. The van der Waals surface area contributed by atoms with Gasteiger partial charge in [-0.2, -0.15) is 5.10 Å². The number of hydrogen-bond donors (Lipinski definition) is 1. The fourth-order valence-electron chi connectivity index (χ4n) is 2.55. The third-order valence-electron chi connectivity index (χ3n) is 3.76. The van der Waals surface area contributed by atoms with Gasteiger partial charge in [-0.05, 0) is 12.1 Å². The second-order valence-electron chi connectivity index (χ2n) is 5.38. The van der Waals surface area contributed by atoms with E-state index < -0.39 is 5.97 Å². The molecule has 0 atom stereocenters. The van der Waals surface area contributed by atoms with Gasteiger partial charge in [0, 0.05) is 32.4 Å². The molecule has 2 amide bonds. The van der Waals surface area contributed by atoms with Crippen LogP contribution in [0, 0.1) is 0 Å². The first kappa shape index (κ1) is 15.8.